The van der Waals surface area contributed by atoms with E-state index in [-0.39, 0.29) is 30.3 Å². The minimum atomic E-state index is -0.349. The Balaban J connectivity index is 1.75. The third kappa shape index (κ3) is 2.00. The second-order valence-corrected chi connectivity index (χ2v) is 5.58. The zero-order valence-electron chi connectivity index (χ0n) is 9.36. The molecule has 1 aliphatic carbocycles. The van der Waals surface area contributed by atoms with Crippen LogP contribution < -0.4 is 10.6 Å². The summed E-state index contributed by atoms with van der Waals surface area (Å²) in [6, 6.07) is 2.01. The number of thiophene rings is 1. The van der Waals surface area contributed by atoms with E-state index in [0.717, 1.165) is 19.3 Å². The molecule has 4 nitrogen and oxygen atoms in total. The molecule has 0 bridgehead atoms. The molecule has 1 aromatic heterocycles. The standard InChI is InChI=1S/C12H14N2O2S/c15-11-6-9(12(16)14-11)13-8-2-1-3-10-7(8)4-5-17-10/h4-5,8-9,13H,1-3,6H2,(H,14,15,16). The third-order valence-corrected chi connectivity index (χ3v) is 4.42. The van der Waals surface area contributed by atoms with Gasteiger partial charge in [0, 0.05) is 10.9 Å². The van der Waals surface area contributed by atoms with Crippen LogP contribution in [0.3, 0.4) is 0 Å². The molecule has 2 atom stereocenters. The van der Waals surface area contributed by atoms with Crippen LogP contribution in [0.5, 0.6) is 0 Å². The van der Waals surface area contributed by atoms with Gasteiger partial charge in [0.2, 0.25) is 11.8 Å². The van der Waals surface area contributed by atoms with Crippen molar-refractivity contribution in [1.82, 2.24) is 10.6 Å². The van der Waals surface area contributed by atoms with E-state index in [1.807, 2.05) is 0 Å². The minimum absolute atomic E-state index is 0.172. The average Bonchev–Trinajstić information content (AvgIpc) is 2.87. The van der Waals surface area contributed by atoms with Crippen molar-refractivity contribution >= 4 is 23.2 Å². The number of fused-ring (bicyclic) bond motifs is 1. The van der Waals surface area contributed by atoms with Gasteiger partial charge in [0.1, 0.15) is 0 Å². The molecule has 2 unspecified atom stereocenters. The Bertz CT molecular complexity index is 469. The summed E-state index contributed by atoms with van der Waals surface area (Å²) in [5, 5.41) is 7.75. The summed E-state index contributed by atoms with van der Waals surface area (Å²) < 4.78 is 0. The Kier molecular flexibility index (Phi) is 2.72. The molecular formula is C12H14N2O2S. The molecule has 1 aliphatic heterocycles. The van der Waals surface area contributed by atoms with Crippen molar-refractivity contribution in [3.8, 4) is 0 Å². The van der Waals surface area contributed by atoms with Crippen LogP contribution in [-0.4, -0.2) is 17.9 Å². The molecule has 0 saturated carbocycles. The van der Waals surface area contributed by atoms with Crippen molar-refractivity contribution in [1.29, 1.82) is 0 Å². The maximum atomic E-state index is 11.5. The fraction of sp³-hybridized carbons (Fsp3) is 0.500. The van der Waals surface area contributed by atoms with Crippen LogP contribution in [0.2, 0.25) is 0 Å². The van der Waals surface area contributed by atoms with Gasteiger partial charge in [-0.2, -0.15) is 0 Å². The minimum Gasteiger partial charge on any atom is -0.298 e. The first kappa shape index (κ1) is 10.9. The molecule has 1 fully saturated rings. The monoisotopic (exact) mass is 250 g/mol. The van der Waals surface area contributed by atoms with Crippen molar-refractivity contribution in [2.24, 2.45) is 0 Å². The number of imide groups is 1. The van der Waals surface area contributed by atoms with Gasteiger partial charge < -0.3 is 0 Å². The van der Waals surface area contributed by atoms with E-state index < -0.39 is 0 Å². The first-order valence-electron chi connectivity index (χ1n) is 5.90. The Morgan fingerprint density at radius 3 is 3.00 bits per heavy atom. The lowest BCUT2D eigenvalue weighted by Gasteiger charge is -2.25. The van der Waals surface area contributed by atoms with Gasteiger partial charge >= 0.3 is 0 Å². The highest BCUT2D eigenvalue weighted by Gasteiger charge is 2.33. The summed E-state index contributed by atoms with van der Waals surface area (Å²) in [5.74, 6) is -0.355. The number of nitrogens with one attached hydrogen (secondary N) is 2. The van der Waals surface area contributed by atoms with E-state index in [1.165, 1.54) is 10.4 Å². The molecule has 17 heavy (non-hydrogen) atoms. The van der Waals surface area contributed by atoms with Gasteiger partial charge in [-0.1, -0.05) is 0 Å². The Morgan fingerprint density at radius 2 is 2.24 bits per heavy atom. The van der Waals surface area contributed by atoms with Crippen LogP contribution in [0.4, 0.5) is 0 Å². The lowest BCUT2D eigenvalue weighted by atomic mass is 9.93. The smallest absolute Gasteiger partial charge is 0.244 e. The van der Waals surface area contributed by atoms with E-state index in [4.69, 9.17) is 0 Å². The van der Waals surface area contributed by atoms with Gasteiger partial charge in [-0.25, -0.2) is 0 Å². The van der Waals surface area contributed by atoms with E-state index in [1.54, 1.807) is 11.3 Å². The second-order valence-electron chi connectivity index (χ2n) is 4.58. The molecule has 3 rings (SSSR count). The van der Waals surface area contributed by atoms with Gasteiger partial charge in [0.25, 0.3) is 0 Å². The highest BCUT2D eigenvalue weighted by atomic mass is 32.1. The summed E-state index contributed by atoms with van der Waals surface area (Å²) in [6.45, 7) is 0. The number of hydrogen-bond donors (Lipinski definition) is 2. The van der Waals surface area contributed by atoms with Gasteiger partial charge in [-0.3, -0.25) is 20.2 Å². The van der Waals surface area contributed by atoms with Crippen molar-refractivity contribution < 1.29 is 9.59 Å². The molecule has 90 valence electrons. The SMILES string of the molecule is O=C1CC(NC2CCCc3sccc32)C(=O)N1. The van der Waals surface area contributed by atoms with Crippen LogP contribution >= 0.6 is 11.3 Å². The number of carbonyl (C=O) groups excluding carboxylic acids is 2. The zero-order valence-corrected chi connectivity index (χ0v) is 10.2. The Morgan fingerprint density at radius 1 is 1.35 bits per heavy atom. The summed E-state index contributed by atoms with van der Waals surface area (Å²) in [4.78, 5) is 24.1. The number of hydrogen-bond acceptors (Lipinski definition) is 4. The van der Waals surface area contributed by atoms with E-state index in [2.05, 4.69) is 22.1 Å². The highest BCUT2D eigenvalue weighted by Crippen LogP contribution is 2.33. The van der Waals surface area contributed by atoms with Crippen LogP contribution in [0.25, 0.3) is 0 Å². The van der Waals surface area contributed by atoms with Gasteiger partial charge in [-0.15, -0.1) is 11.3 Å². The molecule has 2 amide bonds. The van der Waals surface area contributed by atoms with E-state index >= 15 is 0 Å². The molecule has 0 spiro atoms. The molecule has 1 aromatic rings. The average molecular weight is 250 g/mol. The largest absolute Gasteiger partial charge is 0.298 e. The van der Waals surface area contributed by atoms with Crippen molar-refractivity contribution in [2.75, 3.05) is 0 Å². The van der Waals surface area contributed by atoms with Crippen LogP contribution in [0.1, 0.15) is 35.7 Å². The molecule has 2 heterocycles. The molecular weight excluding hydrogens is 236 g/mol. The number of aryl methyl sites for hydroxylation is 1. The molecule has 5 heteroatoms. The van der Waals surface area contributed by atoms with Crippen molar-refractivity contribution in [3.63, 3.8) is 0 Å². The molecule has 0 aromatic carbocycles. The summed E-state index contributed by atoms with van der Waals surface area (Å²) >= 11 is 1.78. The predicted octanol–water partition coefficient (Wildman–Crippen LogP) is 1.13. The first-order chi connectivity index (χ1) is 8.24. The molecule has 1 saturated heterocycles. The molecule has 2 N–H and O–H groups in total. The number of amides is 2. The Hall–Kier alpha value is -1.20. The maximum Gasteiger partial charge on any atom is 0.244 e. The third-order valence-electron chi connectivity index (χ3n) is 3.42. The fourth-order valence-corrected chi connectivity index (χ4v) is 3.58. The molecule has 0 radical (unpaired) electrons. The van der Waals surface area contributed by atoms with Gasteiger partial charge in [-0.05, 0) is 36.3 Å². The quantitative estimate of drug-likeness (QED) is 0.774. The maximum absolute atomic E-state index is 11.5. The van der Waals surface area contributed by atoms with Crippen LogP contribution in [0, 0.1) is 0 Å². The van der Waals surface area contributed by atoms with E-state index in [0.29, 0.717) is 0 Å². The fourth-order valence-electron chi connectivity index (χ4n) is 2.59. The number of carbonyl (C=O) groups is 2. The summed E-state index contributed by atoms with van der Waals surface area (Å²) in [5.41, 5.74) is 1.31. The topological polar surface area (TPSA) is 58.2 Å². The van der Waals surface area contributed by atoms with Crippen molar-refractivity contribution in [3.05, 3.63) is 21.9 Å². The summed E-state index contributed by atoms with van der Waals surface area (Å²) in [7, 11) is 0. The van der Waals surface area contributed by atoms with Crippen molar-refractivity contribution in [2.45, 2.75) is 37.8 Å². The zero-order chi connectivity index (χ0) is 11.8. The Labute approximate surface area is 103 Å². The lowest BCUT2D eigenvalue weighted by Crippen LogP contribution is -2.39. The van der Waals surface area contributed by atoms with Crippen LogP contribution in [-0.2, 0) is 16.0 Å². The predicted molar refractivity (Wildman–Crippen MR) is 64.7 cm³/mol. The van der Waals surface area contributed by atoms with Crippen LogP contribution in [0.15, 0.2) is 11.4 Å². The lowest BCUT2D eigenvalue weighted by molar-refractivity contribution is -0.125. The summed E-state index contributed by atoms with van der Waals surface area (Å²) in [6.07, 6.45) is 3.60. The van der Waals surface area contributed by atoms with E-state index in [9.17, 15) is 9.59 Å². The second kappa shape index (κ2) is 4.23. The first-order valence-corrected chi connectivity index (χ1v) is 6.78. The highest BCUT2D eigenvalue weighted by molar-refractivity contribution is 7.10. The molecule has 2 aliphatic rings. The van der Waals surface area contributed by atoms with Gasteiger partial charge in [0.05, 0.1) is 12.5 Å². The normalized spacial score (nSPS) is 28.0. The number of rotatable bonds is 2. The van der Waals surface area contributed by atoms with Gasteiger partial charge in [0.15, 0.2) is 0 Å².